The highest BCUT2D eigenvalue weighted by atomic mass is 16.6. The molecule has 0 aromatic rings. The number of carbonyl (C=O) groups is 1. The lowest BCUT2D eigenvalue weighted by molar-refractivity contribution is -0.127. The molecule has 0 amide bonds. The third-order valence-electron chi connectivity index (χ3n) is 11.1. The van der Waals surface area contributed by atoms with E-state index in [4.69, 9.17) is 124 Å². The average Bonchev–Trinajstić information content (AvgIpc) is 3.60. The van der Waals surface area contributed by atoms with Gasteiger partial charge in [0.05, 0.1) is 324 Å². The summed E-state index contributed by atoms with van der Waals surface area (Å²) in [4.78, 5) is 14.6. The van der Waals surface area contributed by atoms with E-state index in [9.17, 15) is 4.79 Å². The lowest BCUT2D eigenvalue weighted by atomic mass is 9.89. The summed E-state index contributed by atoms with van der Waals surface area (Å²) in [5, 5.41) is 3.48. The van der Waals surface area contributed by atoms with Crippen LogP contribution in [0.5, 0.6) is 0 Å². The van der Waals surface area contributed by atoms with Crippen molar-refractivity contribution in [1.82, 2.24) is 0 Å². The fourth-order valence-corrected chi connectivity index (χ4v) is 6.35. The van der Waals surface area contributed by atoms with E-state index in [-0.39, 0.29) is 11.2 Å². The van der Waals surface area contributed by atoms with Crippen LogP contribution in [0.15, 0.2) is 5.11 Å². The number of nitrogens with zero attached hydrogens (tertiary/aromatic N) is 3. The lowest BCUT2D eigenvalue weighted by Gasteiger charge is -2.16. The van der Waals surface area contributed by atoms with Crippen molar-refractivity contribution in [1.29, 1.82) is 0 Å². The molecule has 0 aromatic heterocycles. The Morgan fingerprint density at radius 2 is 0.375 bits per heavy atom. The van der Waals surface area contributed by atoms with Gasteiger partial charge in [0.25, 0.3) is 0 Å². The quantitative estimate of drug-likeness (QED) is 0.0364. The molecule has 0 heterocycles. The Kier molecular flexibility index (Phi) is 75.7. The minimum Gasteiger partial charge on any atom is -0.379 e. The van der Waals surface area contributed by atoms with E-state index in [1.807, 2.05) is 20.8 Å². The summed E-state index contributed by atoms with van der Waals surface area (Å²) in [7, 11) is 0. The molecular weight excluding hydrogens is 1170 g/mol. The molecule has 0 radical (unpaired) electrons. The Morgan fingerprint density at radius 3 is 0.511 bits per heavy atom. The highest BCUT2D eigenvalue weighted by Crippen LogP contribution is 2.16. The minimum atomic E-state index is -0.325. The van der Waals surface area contributed by atoms with Crippen LogP contribution >= 0.6 is 0 Å². The number of azide groups is 1. The first-order chi connectivity index (χ1) is 43.5. The zero-order chi connectivity index (χ0) is 63.4. The van der Waals surface area contributed by atoms with Gasteiger partial charge < -0.3 is 118 Å². The Labute approximate surface area is 525 Å². The highest BCUT2D eigenvalue weighted by Gasteiger charge is 2.20. The van der Waals surface area contributed by atoms with Gasteiger partial charge in [0.1, 0.15) is 5.78 Å². The number of hydrogen-bond acceptors (Lipinski definition) is 27. The molecule has 0 aromatic carbocycles. The number of carbonyl (C=O) groups excluding carboxylic acids is 1. The van der Waals surface area contributed by atoms with E-state index in [2.05, 4.69) is 10.0 Å². The van der Waals surface area contributed by atoms with Gasteiger partial charge in [-0.25, -0.2) is 0 Å². The van der Waals surface area contributed by atoms with E-state index >= 15 is 0 Å². The average molecular weight is 1280 g/mol. The van der Waals surface area contributed by atoms with Crippen LogP contribution in [-0.2, 0) is 123 Å². The second kappa shape index (κ2) is 77.4. The van der Waals surface area contributed by atoms with Gasteiger partial charge in [-0.2, -0.15) is 0 Å². The van der Waals surface area contributed by atoms with Crippen molar-refractivity contribution in [2.45, 2.75) is 40.0 Å². The summed E-state index contributed by atoms with van der Waals surface area (Å²) in [5.74, 6) is 0.196. The smallest absolute Gasteiger partial charge is 0.140 e. The van der Waals surface area contributed by atoms with E-state index in [0.717, 1.165) is 12.8 Å². The summed E-state index contributed by atoms with van der Waals surface area (Å²) < 4.78 is 138. The Bertz CT molecular complexity index is 1380. The normalized spacial score (nSPS) is 11.8. The fourth-order valence-electron chi connectivity index (χ4n) is 6.35. The molecule has 29 nitrogen and oxygen atoms in total. The lowest BCUT2D eigenvalue weighted by Crippen LogP contribution is -2.22. The number of ketones is 1. The van der Waals surface area contributed by atoms with Gasteiger partial charge in [0.2, 0.25) is 0 Å². The van der Waals surface area contributed by atoms with Gasteiger partial charge in [-0.3, -0.25) is 4.79 Å². The van der Waals surface area contributed by atoms with Crippen LogP contribution in [0.25, 0.3) is 10.4 Å². The molecule has 0 aliphatic rings. The number of Topliss-reactive ketones (excluding diaryl/α,β-unsaturated/α-hetero) is 1. The fraction of sp³-hybridized carbons (Fsp3) is 0.983. The number of hydrogen-bond donors (Lipinski definition) is 0. The summed E-state index contributed by atoms with van der Waals surface area (Å²) in [6, 6.07) is 0. The van der Waals surface area contributed by atoms with Crippen molar-refractivity contribution in [3.05, 3.63) is 10.4 Å². The second-order valence-corrected chi connectivity index (χ2v) is 19.4. The molecule has 0 bridgehead atoms. The van der Waals surface area contributed by atoms with E-state index in [1.54, 1.807) is 0 Å². The van der Waals surface area contributed by atoms with Gasteiger partial charge in [0.15, 0.2) is 0 Å². The summed E-state index contributed by atoms with van der Waals surface area (Å²) >= 11 is 0. The Morgan fingerprint density at radius 1 is 0.239 bits per heavy atom. The maximum Gasteiger partial charge on any atom is 0.140 e. The van der Waals surface area contributed by atoms with Crippen molar-refractivity contribution >= 4 is 5.78 Å². The van der Waals surface area contributed by atoms with Crippen LogP contribution in [0.2, 0.25) is 0 Å². The summed E-state index contributed by atoms with van der Waals surface area (Å²) in [5.41, 5.74) is 7.89. The molecule has 29 heteroatoms. The molecule has 88 heavy (non-hydrogen) atoms. The van der Waals surface area contributed by atoms with Crippen LogP contribution in [0.4, 0.5) is 0 Å². The molecule has 0 spiro atoms. The largest absolute Gasteiger partial charge is 0.379 e. The molecule has 0 aliphatic heterocycles. The van der Waals surface area contributed by atoms with E-state index in [1.165, 1.54) is 0 Å². The van der Waals surface area contributed by atoms with Crippen molar-refractivity contribution < 1.29 is 123 Å². The molecular formula is C59H117N3O26. The van der Waals surface area contributed by atoms with E-state index in [0.29, 0.717) is 343 Å². The number of unbranched alkanes of at least 4 members (excludes halogenated alkanes) is 1. The van der Waals surface area contributed by atoms with Gasteiger partial charge in [-0.05, 0) is 18.4 Å². The van der Waals surface area contributed by atoms with Crippen molar-refractivity contribution in [2.75, 3.05) is 337 Å². The Hall–Kier alpha value is -2.02. The zero-order valence-corrected chi connectivity index (χ0v) is 54.1. The molecule has 0 rings (SSSR count). The summed E-state index contributed by atoms with van der Waals surface area (Å²) in [6.07, 6.45) is 2.11. The van der Waals surface area contributed by atoms with Crippen LogP contribution in [0.3, 0.4) is 0 Å². The van der Waals surface area contributed by atoms with Crippen molar-refractivity contribution in [2.24, 2.45) is 10.5 Å². The van der Waals surface area contributed by atoms with Gasteiger partial charge in [-0.1, -0.05) is 25.9 Å². The van der Waals surface area contributed by atoms with Crippen molar-refractivity contribution in [3.63, 3.8) is 0 Å². The highest BCUT2D eigenvalue weighted by molar-refractivity contribution is 5.83. The second-order valence-electron chi connectivity index (χ2n) is 19.4. The van der Waals surface area contributed by atoms with Crippen LogP contribution in [0, 0.1) is 5.41 Å². The summed E-state index contributed by atoms with van der Waals surface area (Å²) in [6.45, 7) is 30.6. The molecule has 0 saturated heterocycles. The number of rotatable bonds is 80. The van der Waals surface area contributed by atoms with Crippen LogP contribution in [-0.4, -0.2) is 343 Å². The molecule has 0 fully saturated rings. The van der Waals surface area contributed by atoms with Crippen molar-refractivity contribution in [3.8, 4) is 0 Å². The first kappa shape index (κ1) is 86.0. The topological polar surface area (TPSA) is 297 Å². The Balaban J connectivity index is 3.10. The molecule has 0 N–H and O–H groups in total. The standard InChI is InChI=1S/C59H117N3O26/c1-59(2,3)58(63)6-9-65-11-13-67-15-17-69-19-21-71-23-25-73-27-29-75-31-33-77-35-37-79-39-41-81-43-45-83-47-49-85-51-53-87-55-57-88-56-54-86-52-50-84-48-46-82-44-42-80-40-38-78-36-34-76-32-30-74-28-26-72-24-22-70-20-18-68-16-14-66-12-10-64-8-5-4-7-61-62-60/h4-57H2,1-3H3. The number of ether oxygens (including phenoxy) is 25. The molecule has 0 atom stereocenters. The monoisotopic (exact) mass is 1280 g/mol. The molecule has 0 saturated carbocycles. The maximum absolute atomic E-state index is 11.8. The molecule has 524 valence electrons. The maximum atomic E-state index is 11.8. The SMILES string of the molecule is CC(C)(C)C(=O)CCOCCOCCOCCOCCOCCOCCOCCOCCOCCOCCOCCOCCOCCOCCOCCOCCOCCOCCOCCOCCOCCOCCOCCOCCOCCCCN=[N+]=[N-]. The minimum absolute atomic E-state index is 0.196. The van der Waals surface area contributed by atoms with E-state index < -0.39 is 0 Å². The van der Waals surface area contributed by atoms with Crippen LogP contribution in [0.1, 0.15) is 40.0 Å². The predicted octanol–water partition coefficient (Wildman–Crippen LogP) is 3.50. The molecule has 0 unspecified atom stereocenters. The first-order valence-electron chi connectivity index (χ1n) is 31.5. The van der Waals surface area contributed by atoms with Crippen LogP contribution < -0.4 is 0 Å². The predicted molar refractivity (Wildman–Crippen MR) is 323 cm³/mol. The van der Waals surface area contributed by atoms with Gasteiger partial charge >= 0.3 is 0 Å². The third kappa shape index (κ3) is 78.2. The zero-order valence-electron chi connectivity index (χ0n) is 54.1. The van der Waals surface area contributed by atoms with Gasteiger partial charge in [0, 0.05) is 29.9 Å². The molecule has 0 aliphatic carbocycles. The third-order valence-corrected chi connectivity index (χ3v) is 11.1. The van der Waals surface area contributed by atoms with Gasteiger partial charge in [-0.15, -0.1) is 0 Å². The first-order valence-corrected chi connectivity index (χ1v) is 31.5.